The molecule has 1 aromatic rings. The van der Waals surface area contributed by atoms with Crippen LogP contribution in [0.25, 0.3) is 0 Å². The third-order valence-electron chi connectivity index (χ3n) is 2.34. The minimum atomic E-state index is -0.519. The van der Waals surface area contributed by atoms with Gasteiger partial charge in [0.15, 0.2) is 0 Å². The van der Waals surface area contributed by atoms with Crippen molar-refractivity contribution in [1.82, 2.24) is 4.90 Å². The van der Waals surface area contributed by atoms with Gasteiger partial charge in [0.05, 0.1) is 18.8 Å². The highest BCUT2D eigenvalue weighted by atomic mass is 19.1. The van der Waals surface area contributed by atoms with Gasteiger partial charge in [0.1, 0.15) is 5.82 Å². The molecule has 3 nitrogen and oxygen atoms in total. The van der Waals surface area contributed by atoms with Crippen LogP contribution < -0.4 is 0 Å². The van der Waals surface area contributed by atoms with Crippen molar-refractivity contribution in [2.75, 3.05) is 26.3 Å². The minimum absolute atomic E-state index is 0.107. The summed E-state index contributed by atoms with van der Waals surface area (Å²) in [7, 11) is 0. The highest BCUT2D eigenvalue weighted by molar-refractivity contribution is 5.94. The Balaban J connectivity index is 2.16. The van der Waals surface area contributed by atoms with Crippen molar-refractivity contribution in [3.05, 3.63) is 35.6 Å². The lowest BCUT2D eigenvalue weighted by Crippen LogP contribution is -2.41. The average molecular weight is 208 g/mol. The van der Waals surface area contributed by atoms with E-state index in [-0.39, 0.29) is 11.5 Å². The van der Waals surface area contributed by atoms with Crippen molar-refractivity contribution < 1.29 is 13.9 Å². The van der Waals surface area contributed by atoms with Gasteiger partial charge < -0.3 is 9.64 Å². The molecule has 0 atom stereocenters. The van der Waals surface area contributed by atoms with E-state index < -0.39 is 5.82 Å². The van der Waals surface area contributed by atoms with Gasteiger partial charge in [-0.2, -0.15) is 0 Å². The maximum atomic E-state index is 13.3. The number of benzene rings is 1. The highest BCUT2D eigenvalue weighted by Crippen LogP contribution is 2.10. The number of halogens is 1. The zero-order valence-electron chi connectivity index (χ0n) is 8.20. The third-order valence-corrected chi connectivity index (χ3v) is 2.34. The largest absolute Gasteiger partial charge is 0.378 e. The Labute approximate surface area is 87.5 Å². The number of morpholine rings is 1. The first kappa shape index (κ1) is 10.1. The fourth-order valence-corrected chi connectivity index (χ4v) is 1.52. The van der Waals surface area contributed by atoms with Crippen molar-refractivity contribution in [2.45, 2.75) is 0 Å². The first-order valence-corrected chi connectivity index (χ1v) is 4.81. The summed E-state index contributed by atoms with van der Waals surface area (Å²) >= 11 is 0. The van der Waals surface area contributed by atoms with Crippen LogP contribution in [0.4, 0.5) is 4.39 Å². The molecule has 1 aliphatic rings. The Kier molecular flexibility index (Phi) is 2.97. The molecule has 1 heterocycles. The smallest absolute Gasteiger partial charge is 0.256 e. The molecule has 4 heteroatoms. The van der Waals surface area contributed by atoms with Crippen LogP contribution in [0.15, 0.2) is 18.2 Å². The molecule has 0 unspecified atom stereocenters. The molecule has 0 N–H and O–H groups in total. The number of hydrogen-bond donors (Lipinski definition) is 0. The summed E-state index contributed by atoms with van der Waals surface area (Å²) in [5.41, 5.74) is 0.107. The molecular weight excluding hydrogens is 197 g/mol. The molecule has 2 rings (SSSR count). The van der Waals surface area contributed by atoms with Gasteiger partial charge in [0.2, 0.25) is 0 Å². The van der Waals surface area contributed by atoms with Gasteiger partial charge in [-0.3, -0.25) is 4.79 Å². The van der Waals surface area contributed by atoms with E-state index in [1.54, 1.807) is 4.90 Å². The summed E-state index contributed by atoms with van der Waals surface area (Å²) in [5, 5.41) is 0. The number of carbonyl (C=O) groups excluding carboxylic acids is 1. The first-order chi connectivity index (χ1) is 7.29. The molecule has 1 fully saturated rings. The van der Waals surface area contributed by atoms with Crippen molar-refractivity contribution in [2.24, 2.45) is 0 Å². The number of ether oxygens (including phenoxy) is 1. The van der Waals surface area contributed by atoms with E-state index in [2.05, 4.69) is 6.07 Å². The molecule has 15 heavy (non-hydrogen) atoms. The van der Waals surface area contributed by atoms with Crippen LogP contribution in [-0.2, 0) is 4.74 Å². The lowest BCUT2D eigenvalue weighted by Gasteiger charge is -2.26. The van der Waals surface area contributed by atoms with E-state index in [1.807, 2.05) is 0 Å². The Morgan fingerprint density at radius 1 is 1.47 bits per heavy atom. The van der Waals surface area contributed by atoms with Crippen LogP contribution in [-0.4, -0.2) is 37.1 Å². The molecular formula is C11H11FNO2. The monoisotopic (exact) mass is 208 g/mol. The predicted octanol–water partition coefficient (Wildman–Crippen LogP) is 1.10. The maximum absolute atomic E-state index is 13.3. The summed E-state index contributed by atoms with van der Waals surface area (Å²) in [6, 6.07) is 6.75. The quantitative estimate of drug-likeness (QED) is 0.691. The topological polar surface area (TPSA) is 29.5 Å². The van der Waals surface area contributed by atoms with Gasteiger partial charge in [-0.25, -0.2) is 4.39 Å². The summed E-state index contributed by atoms with van der Waals surface area (Å²) in [4.78, 5) is 13.4. The normalized spacial score (nSPS) is 16.5. The molecule has 0 bridgehead atoms. The van der Waals surface area contributed by atoms with Crippen LogP contribution in [0.2, 0.25) is 0 Å². The SMILES string of the molecule is O=C(c1cc[c]cc1F)N1CCOCC1. The standard InChI is InChI=1S/C11H11FNO2/c12-10-4-2-1-3-9(10)11(14)13-5-7-15-8-6-13/h1,3-4H,5-8H2. The zero-order valence-corrected chi connectivity index (χ0v) is 8.20. The fourth-order valence-electron chi connectivity index (χ4n) is 1.52. The van der Waals surface area contributed by atoms with E-state index in [4.69, 9.17) is 4.74 Å². The van der Waals surface area contributed by atoms with Gasteiger partial charge in [-0.05, 0) is 18.2 Å². The minimum Gasteiger partial charge on any atom is -0.378 e. The second-order valence-electron chi connectivity index (χ2n) is 3.31. The van der Waals surface area contributed by atoms with Crippen LogP contribution in [0.1, 0.15) is 10.4 Å². The lowest BCUT2D eigenvalue weighted by atomic mass is 10.2. The van der Waals surface area contributed by atoms with Crippen LogP contribution in [0.3, 0.4) is 0 Å². The molecule has 1 saturated heterocycles. The molecule has 1 aromatic carbocycles. The Hall–Kier alpha value is -1.42. The fraction of sp³-hybridized carbons (Fsp3) is 0.364. The van der Waals surface area contributed by atoms with Gasteiger partial charge in [-0.15, -0.1) is 0 Å². The number of nitrogens with zero attached hydrogens (tertiary/aromatic N) is 1. The number of hydrogen-bond acceptors (Lipinski definition) is 2. The van der Waals surface area contributed by atoms with Gasteiger partial charge in [-0.1, -0.05) is 6.07 Å². The van der Waals surface area contributed by atoms with Crippen LogP contribution >= 0.6 is 0 Å². The molecule has 1 aliphatic heterocycles. The van der Waals surface area contributed by atoms with Crippen LogP contribution in [0.5, 0.6) is 0 Å². The van der Waals surface area contributed by atoms with E-state index >= 15 is 0 Å². The Bertz CT molecular complexity index is 361. The van der Waals surface area contributed by atoms with Gasteiger partial charge >= 0.3 is 0 Å². The summed E-state index contributed by atoms with van der Waals surface area (Å²) in [6.45, 7) is 2.09. The summed E-state index contributed by atoms with van der Waals surface area (Å²) in [5.74, 6) is -0.793. The zero-order chi connectivity index (χ0) is 10.7. The van der Waals surface area contributed by atoms with Gasteiger partial charge in [0.25, 0.3) is 5.91 Å². The first-order valence-electron chi connectivity index (χ1n) is 4.81. The summed E-state index contributed by atoms with van der Waals surface area (Å²) in [6.07, 6.45) is 0. The molecule has 1 radical (unpaired) electrons. The molecule has 0 saturated carbocycles. The van der Waals surface area contributed by atoms with Crippen LogP contribution in [0, 0.1) is 11.9 Å². The molecule has 79 valence electrons. The number of amides is 1. The van der Waals surface area contributed by atoms with E-state index in [0.29, 0.717) is 26.3 Å². The molecule has 0 spiro atoms. The molecule has 1 amide bonds. The van der Waals surface area contributed by atoms with Gasteiger partial charge in [0, 0.05) is 13.1 Å². The highest BCUT2D eigenvalue weighted by Gasteiger charge is 2.20. The van der Waals surface area contributed by atoms with Crippen molar-refractivity contribution in [3.8, 4) is 0 Å². The van der Waals surface area contributed by atoms with E-state index in [9.17, 15) is 9.18 Å². The Morgan fingerprint density at radius 3 is 2.87 bits per heavy atom. The van der Waals surface area contributed by atoms with E-state index in [0.717, 1.165) is 0 Å². The average Bonchev–Trinajstić information content (AvgIpc) is 2.30. The molecule has 0 aliphatic carbocycles. The molecule has 0 aromatic heterocycles. The van der Waals surface area contributed by atoms with Crippen molar-refractivity contribution in [1.29, 1.82) is 0 Å². The summed E-state index contributed by atoms with van der Waals surface area (Å²) < 4.78 is 18.4. The lowest BCUT2D eigenvalue weighted by molar-refractivity contribution is 0.0300. The maximum Gasteiger partial charge on any atom is 0.256 e. The van der Waals surface area contributed by atoms with Crippen molar-refractivity contribution in [3.63, 3.8) is 0 Å². The second-order valence-corrected chi connectivity index (χ2v) is 3.31. The Morgan fingerprint density at radius 2 is 2.20 bits per heavy atom. The second kappa shape index (κ2) is 4.40. The third kappa shape index (κ3) is 2.15. The number of rotatable bonds is 1. The van der Waals surface area contributed by atoms with E-state index in [1.165, 1.54) is 18.2 Å². The predicted molar refractivity (Wildman–Crippen MR) is 52.0 cm³/mol. The van der Waals surface area contributed by atoms with Crippen molar-refractivity contribution >= 4 is 5.91 Å². The number of carbonyl (C=O) groups is 1.